The highest BCUT2D eigenvalue weighted by Crippen LogP contribution is 2.34. The number of aromatic nitrogens is 3. The third-order valence-electron chi connectivity index (χ3n) is 5.17. The first-order chi connectivity index (χ1) is 12.2. The minimum atomic E-state index is 0.00403. The van der Waals surface area contributed by atoms with Crippen LogP contribution in [-0.4, -0.2) is 45.6 Å². The summed E-state index contributed by atoms with van der Waals surface area (Å²) in [6.07, 6.45) is 9.03. The normalized spacial score (nSPS) is 23.9. The predicted octanol–water partition coefficient (Wildman–Crippen LogP) is 2.35. The molecular formula is C18H23N5O2. The highest BCUT2D eigenvalue weighted by Gasteiger charge is 2.37. The summed E-state index contributed by atoms with van der Waals surface area (Å²) in [7, 11) is 0. The van der Waals surface area contributed by atoms with Crippen LogP contribution in [0.25, 0.3) is 0 Å². The number of nitrogens with zero attached hydrogens (tertiary/aromatic N) is 5. The van der Waals surface area contributed by atoms with Crippen molar-refractivity contribution in [3.05, 3.63) is 36.1 Å². The Hall–Kier alpha value is -2.44. The molecule has 2 aliphatic heterocycles. The van der Waals surface area contributed by atoms with Crippen LogP contribution in [-0.2, 0) is 4.79 Å². The van der Waals surface area contributed by atoms with Crippen molar-refractivity contribution in [3.63, 3.8) is 0 Å². The lowest BCUT2D eigenvalue weighted by atomic mass is 9.96. The molecule has 0 N–H and O–H groups in total. The number of rotatable bonds is 3. The van der Waals surface area contributed by atoms with E-state index in [1.54, 1.807) is 18.6 Å². The van der Waals surface area contributed by atoms with Gasteiger partial charge in [0.05, 0.1) is 18.2 Å². The first kappa shape index (κ1) is 16.1. The van der Waals surface area contributed by atoms with E-state index < -0.39 is 0 Å². The third-order valence-corrected chi connectivity index (χ3v) is 5.17. The Labute approximate surface area is 147 Å². The van der Waals surface area contributed by atoms with Crippen LogP contribution >= 0.6 is 0 Å². The van der Waals surface area contributed by atoms with E-state index in [4.69, 9.17) is 4.52 Å². The molecule has 0 unspecified atom stereocenters. The number of carbonyl (C=O) groups is 1. The maximum atomic E-state index is 13.2. The summed E-state index contributed by atoms with van der Waals surface area (Å²) in [5.74, 6) is 1.88. The van der Waals surface area contributed by atoms with E-state index in [9.17, 15) is 4.79 Å². The molecule has 132 valence electrons. The molecule has 2 aromatic heterocycles. The van der Waals surface area contributed by atoms with Gasteiger partial charge in [-0.25, -0.2) is 4.98 Å². The Balaban J connectivity index is 1.48. The fourth-order valence-corrected chi connectivity index (χ4v) is 3.96. The molecule has 0 saturated carbocycles. The molecule has 25 heavy (non-hydrogen) atoms. The second-order valence-electron chi connectivity index (χ2n) is 6.90. The number of aryl methyl sites for hydroxylation is 1. The van der Waals surface area contributed by atoms with E-state index in [1.165, 1.54) is 0 Å². The molecule has 2 aliphatic rings. The Kier molecular flexibility index (Phi) is 4.38. The topological polar surface area (TPSA) is 75.4 Å². The first-order valence-corrected chi connectivity index (χ1v) is 8.97. The number of hydrogen-bond acceptors (Lipinski definition) is 6. The summed E-state index contributed by atoms with van der Waals surface area (Å²) in [6.45, 7) is 4.32. The first-order valence-electron chi connectivity index (χ1n) is 8.97. The van der Waals surface area contributed by atoms with Gasteiger partial charge in [-0.1, -0.05) is 5.16 Å². The monoisotopic (exact) mass is 341 g/mol. The smallest absolute Gasteiger partial charge is 0.228 e. The van der Waals surface area contributed by atoms with Crippen molar-refractivity contribution < 1.29 is 9.32 Å². The van der Waals surface area contributed by atoms with Crippen LogP contribution in [0.4, 0.5) is 5.82 Å². The van der Waals surface area contributed by atoms with Crippen molar-refractivity contribution in [2.24, 2.45) is 5.92 Å². The number of hydrogen-bond donors (Lipinski definition) is 0. The van der Waals surface area contributed by atoms with Gasteiger partial charge in [0.2, 0.25) is 5.91 Å². The lowest BCUT2D eigenvalue weighted by Gasteiger charge is -2.35. The van der Waals surface area contributed by atoms with Crippen molar-refractivity contribution in [1.29, 1.82) is 0 Å². The molecule has 2 saturated heterocycles. The largest absolute Gasteiger partial charge is 0.361 e. The maximum Gasteiger partial charge on any atom is 0.228 e. The molecular weight excluding hydrogens is 318 g/mol. The Morgan fingerprint density at radius 2 is 2.12 bits per heavy atom. The van der Waals surface area contributed by atoms with E-state index in [-0.39, 0.29) is 17.9 Å². The SMILES string of the molecule is Cc1cc([C@H]2CCCN2C(=O)[C@@H]2CCCN(c3cnccn3)C2)no1. The summed E-state index contributed by atoms with van der Waals surface area (Å²) in [6, 6.07) is 2.00. The molecule has 2 fully saturated rings. The van der Waals surface area contributed by atoms with Crippen LogP contribution in [0, 0.1) is 12.8 Å². The van der Waals surface area contributed by atoms with Gasteiger partial charge in [0.1, 0.15) is 17.3 Å². The van der Waals surface area contributed by atoms with Crippen molar-refractivity contribution in [3.8, 4) is 0 Å². The highest BCUT2D eigenvalue weighted by atomic mass is 16.5. The van der Waals surface area contributed by atoms with Gasteiger partial charge in [0, 0.05) is 38.1 Å². The molecule has 4 rings (SSSR count). The number of carbonyl (C=O) groups excluding carboxylic acids is 1. The van der Waals surface area contributed by atoms with Gasteiger partial charge in [-0.15, -0.1) is 0 Å². The van der Waals surface area contributed by atoms with Crippen molar-refractivity contribution in [2.45, 2.75) is 38.6 Å². The van der Waals surface area contributed by atoms with Crippen molar-refractivity contribution >= 4 is 11.7 Å². The van der Waals surface area contributed by atoms with Gasteiger partial charge in [-0.05, 0) is 32.6 Å². The van der Waals surface area contributed by atoms with E-state index in [2.05, 4.69) is 20.0 Å². The molecule has 4 heterocycles. The van der Waals surface area contributed by atoms with Crippen molar-refractivity contribution in [1.82, 2.24) is 20.0 Å². The Morgan fingerprint density at radius 3 is 2.88 bits per heavy atom. The zero-order valence-corrected chi connectivity index (χ0v) is 14.5. The number of amides is 1. The number of anilines is 1. The van der Waals surface area contributed by atoms with Gasteiger partial charge in [0.15, 0.2) is 0 Å². The average molecular weight is 341 g/mol. The fraction of sp³-hybridized carbons (Fsp3) is 0.556. The summed E-state index contributed by atoms with van der Waals surface area (Å²) in [5.41, 5.74) is 0.880. The van der Waals surface area contributed by atoms with Gasteiger partial charge < -0.3 is 14.3 Å². The van der Waals surface area contributed by atoms with Crippen LogP contribution in [0.1, 0.15) is 43.2 Å². The summed E-state index contributed by atoms with van der Waals surface area (Å²) < 4.78 is 5.21. The zero-order chi connectivity index (χ0) is 17.2. The molecule has 2 atom stereocenters. The summed E-state index contributed by atoms with van der Waals surface area (Å²) in [4.78, 5) is 25.9. The lowest BCUT2D eigenvalue weighted by Crippen LogP contribution is -2.45. The van der Waals surface area contributed by atoms with Gasteiger partial charge in [0.25, 0.3) is 0 Å². The third kappa shape index (κ3) is 3.23. The van der Waals surface area contributed by atoms with Gasteiger partial charge in [-0.3, -0.25) is 9.78 Å². The maximum absolute atomic E-state index is 13.2. The second kappa shape index (κ2) is 6.82. The molecule has 0 spiro atoms. The quantitative estimate of drug-likeness (QED) is 0.853. The molecule has 7 nitrogen and oxygen atoms in total. The summed E-state index contributed by atoms with van der Waals surface area (Å²) >= 11 is 0. The predicted molar refractivity (Wildman–Crippen MR) is 91.9 cm³/mol. The molecule has 1 amide bonds. The van der Waals surface area contributed by atoms with E-state index in [0.717, 1.165) is 56.0 Å². The molecule has 0 aliphatic carbocycles. The van der Waals surface area contributed by atoms with Gasteiger partial charge in [-0.2, -0.15) is 0 Å². The van der Waals surface area contributed by atoms with E-state index >= 15 is 0 Å². The van der Waals surface area contributed by atoms with Crippen LogP contribution < -0.4 is 4.90 Å². The summed E-state index contributed by atoms with van der Waals surface area (Å²) in [5, 5.41) is 4.14. The molecule has 0 aromatic carbocycles. The second-order valence-corrected chi connectivity index (χ2v) is 6.90. The van der Waals surface area contributed by atoms with Crippen molar-refractivity contribution in [2.75, 3.05) is 24.5 Å². The minimum absolute atomic E-state index is 0.00403. The van der Waals surface area contributed by atoms with Crippen LogP contribution in [0.2, 0.25) is 0 Å². The van der Waals surface area contributed by atoms with E-state index in [0.29, 0.717) is 6.54 Å². The molecule has 0 bridgehead atoms. The minimum Gasteiger partial charge on any atom is -0.361 e. The van der Waals surface area contributed by atoms with Crippen LogP contribution in [0.5, 0.6) is 0 Å². The van der Waals surface area contributed by atoms with E-state index in [1.807, 2.05) is 17.9 Å². The zero-order valence-electron chi connectivity index (χ0n) is 14.5. The lowest BCUT2D eigenvalue weighted by molar-refractivity contribution is -0.136. The number of likely N-dealkylation sites (tertiary alicyclic amines) is 1. The molecule has 0 radical (unpaired) electrons. The Morgan fingerprint density at radius 1 is 1.24 bits per heavy atom. The van der Waals surface area contributed by atoms with Crippen LogP contribution in [0.3, 0.4) is 0 Å². The Bertz CT molecular complexity index is 732. The van der Waals surface area contributed by atoms with Gasteiger partial charge >= 0.3 is 0 Å². The number of piperidine rings is 1. The molecule has 7 heteroatoms. The average Bonchev–Trinajstić information content (AvgIpc) is 3.30. The highest BCUT2D eigenvalue weighted by molar-refractivity contribution is 5.80. The molecule has 2 aromatic rings. The fourth-order valence-electron chi connectivity index (χ4n) is 3.96. The standard InChI is InChI=1S/C18H23N5O2/c1-13-10-15(21-25-13)16-5-3-9-23(16)18(24)14-4-2-8-22(12-14)17-11-19-6-7-20-17/h6-7,10-11,14,16H,2-5,8-9,12H2,1H3/t14-,16-/m1/s1. The van der Waals surface area contributed by atoms with Crippen LogP contribution in [0.15, 0.2) is 29.2 Å².